The minimum absolute atomic E-state index is 0.0538. The first-order chi connectivity index (χ1) is 12.8. The summed E-state index contributed by atoms with van der Waals surface area (Å²) < 4.78 is 14.5. The molecular formula is C16H17BrClFN6O2. The Morgan fingerprint density at radius 3 is 2.81 bits per heavy atom. The molecule has 1 aliphatic heterocycles. The zero-order chi connectivity index (χ0) is 19.7. The van der Waals surface area contributed by atoms with Gasteiger partial charge in [0.2, 0.25) is 11.0 Å². The number of likely N-dealkylation sites (N-methyl/N-ethyl adjacent to an activating group) is 1. The molecule has 2 aromatic rings. The molecule has 0 saturated carbocycles. The molecule has 3 rings (SSSR count). The maximum absolute atomic E-state index is 14.2. The average Bonchev–Trinajstić information content (AvgIpc) is 2.60. The minimum atomic E-state index is -0.652. The van der Waals surface area contributed by atoms with E-state index in [9.17, 15) is 14.5 Å². The lowest BCUT2D eigenvalue weighted by atomic mass is 10.1. The quantitative estimate of drug-likeness (QED) is 0.422. The molecule has 1 N–H and O–H groups in total. The molecule has 0 unspecified atom stereocenters. The fourth-order valence-electron chi connectivity index (χ4n) is 2.90. The summed E-state index contributed by atoms with van der Waals surface area (Å²) in [5.41, 5.74) is 0.648. The molecule has 144 valence electrons. The molecule has 1 aromatic heterocycles. The van der Waals surface area contributed by atoms with Crippen molar-refractivity contribution in [2.75, 3.05) is 36.9 Å². The summed E-state index contributed by atoms with van der Waals surface area (Å²) in [5.74, 6) is -0.473. The number of halogens is 3. The number of aromatic nitrogens is 2. The van der Waals surface area contributed by atoms with E-state index in [-0.39, 0.29) is 21.5 Å². The first kappa shape index (κ1) is 19.7. The van der Waals surface area contributed by atoms with Gasteiger partial charge in [0, 0.05) is 31.7 Å². The summed E-state index contributed by atoms with van der Waals surface area (Å²) in [5, 5.41) is 14.0. The molecule has 1 aliphatic rings. The fourth-order valence-corrected chi connectivity index (χ4v) is 3.45. The van der Waals surface area contributed by atoms with Crippen LogP contribution in [0.1, 0.15) is 6.92 Å². The van der Waals surface area contributed by atoms with Gasteiger partial charge >= 0.3 is 5.69 Å². The van der Waals surface area contributed by atoms with Crippen molar-refractivity contribution >= 4 is 50.4 Å². The van der Waals surface area contributed by atoms with Crippen molar-refractivity contribution in [3.63, 3.8) is 0 Å². The van der Waals surface area contributed by atoms with Crippen molar-refractivity contribution in [2.24, 2.45) is 0 Å². The highest BCUT2D eigenvalue weighted by atomic mass is 79.9. The second-order valence-electron chi connectivity index (χ2n) is 6.30. The summed E-state index contributed by atoms with van der Waals surface area (Å²) in [7, 11) is 2.04. The highest BCUT2D eigenvalue weighted by Gasteiger charge is 2.26. The van der Waals surface area contributed by atoms with Gasteiger partial charge in [0.1, 0.15) is 12.1 Å². The third kappa shape index (κ3) is 4.12. The lowest BCUT2D eigenvalue weighted by Gasteiger charge is -2.39. The summed E-state index contributed by atoms with van der Waals surface area (Å²) in [4.78, 5) is 22.5. The van der Waals surface area contributed by atoms with Gasteiger partial charge in [0.05, 0.1) is 20.8 Å². The van der Waals surface area contributed by atoms with Gasteiger partial charge in [-0.1, -0.05) is 11.6 Å². The van der Waals surface area contributed by atoms with Gasteiger partial charge in [-0.3, -0.25) is 10.1 Å². The molecule has 0 bridgehead atoms. The van der Waals surface area contributed by atoms with Crippen molar-refractivity contribution in [1.29, 1.82) is 0 Å². The summed E-state index contributed by atoms with van der Waals surface area (Å²) in [6.07, 6.45) is 1.13. The van der Waals surface area contributed by atoms with Crippen LogP contribution in [-0.4, -0.2) is 52.5 Å². The maximum Gasteiger partial charge on any atom is 0.348 e. The Bertz CT molecular complexity index is 886. The van der Waals surface area contributed by atoms with Crippen LogP contribution >= 0.6 is 27.5 Å². The maximum atomic E-state index is 14.2. The number of rotatable bonds is 4. The Balaban J connectivity index is 2.03. The number of nitro groups is 1. The fraction of sp³-hybridized carbons (Fsp3) is 0.375. The second-order valence-corrected chi connectivity index (χ2v) is 7.52. The molecular weight excluding hydrogens is 443 g/mol. The first-order valence-corrected chi connectivity index (χ1v) is 9.31. The Kier molecular flexibility index (Phi) is 5.78. The Labute approximate surface area is 168 Å². The Morgan fingerprint density at radius 2 is 2.15 bits per heavy atom. The van der Waals surface area contributed by atoms with Gasteiger partial charge in [-0.15, -0.1) is 0 Å². The van der Waals surface area contributed by atoms with Crippen LogP contribution in [0.4, 0.5) is 27.3 Å². The third-order valence-electron chi connectivity index (χ3n) is 4.55. The molecule has 0 spiro atoms. The average molecular weight is 460 g/mol. The number of benzene rings is 1. The van der Waals surface area contributed by atoms with Gasteiger partial charge in [-0.2, -0.15) is 0 Å². The molecule has 1 aromatic carbocycles. The highest BCUT2D eigenvalue weighted by molar-refractivity contribution is 9.10. The molecule has 1 fully saturated rings. The third-order valence-corrected chi connectivity index (χ3v) is 5.44. The summed E-state index contributed by atoms with van der Waals surface area (Å²) in [6.45, 7) is 4.30. The molecule has 2 heterocycles. The van der Waals surface area contributed by atoms with Crippen LogP contribution in [0.5, 0.6) is 0 Å². The van der Waals surface area contributed by atoms with Crippen LogP contribution in [0.25, 0.3) is 0 Å². The predicted octanol–water partition coefficient (Wildman–Crippen LogP) is 3.82. The lowest BCUT2D eigenvalue weighted by Crippen LogP contribution is -2.50. The summed E-state index contributed by atoms with van der Waals surface area (Å²) in [6, 6.07) is 3.22. The van der Waals surface area contributed by atoms with Crippen LogP contribution in [-0.2, 0) is 0 Å². The van der Waals surface area contributed by atoms with E-state index in [2.05, 4.69) is 43.0 Å². The van der Waals surface area contributed by atoms with Crippen LogP contribution < -0.4 is 10.2 Å². The Morgan fingerprint density at radius 1 is 1.41 bits per heavy atom. The van der Waals surface area contributed by atoms with Crippen LogP contribution in [0.15, 0.2) is 22.9 Å². The molecule has 27 heavy (non-hydrogen) atoms. The van der Waals surface area contributed by atoms with Gasteiger partial charge in [-0.25, -0.2) is 14.4 Å². The predicted molar refractivity (Wildman–Crippen MR) is 105 cm³/mol. The largest absolute Gasteiger partial charge is 0.367 e. The van der Waals surface area contributed by atoms with Gasteiger partial charge < -0.3 is 15.1 Å². The van der Waals surface area contributed by atoms with E-state index in [4.69, 9.17) is 11.6 Å². The number of nitrogens with one attached hydrogen (secondary N) is 1. The van der Waals surface area contributed by atoms with Gasteiger partial charge in [-0.05, 0) is 36.0 Å². The molecule has 0 amide bonds. The zero-order valence-electron chi connectivity index (χ0n) is 14.6. The van der Waals surface area contributed by atoms with E-state index in [0.717, 1.165) is 12.9 Å². The van der Waals surface area contributed by atoms with Crippen LogP contribution in [0.3, 0.4) is 0 Å². The van der Waals surface area contributed by atoms with E-state index < -0.39 is 16.4 Å². The van der Waals surface area contributed by atoms with Gasteiger partial charge in [0.15, 0.2) is 0 Å². The van der Waals surface area contributed by atoms with Crippen molar-refractivity contribution in [3.8, 4) is 0 Å². The molecule has 0 radical (unpaired) electrons. The van der Waals surface area contributed by atoms with E-state index in [1.807, 2.05) is 11.9 Å². The molecule has 1 saturated heterocycles. The lowest BCUT2D eigenvalue weighted by molar-refractivity contribution is -0.384. The van der Waals surface area contributed by atoms with Crippen molar-refractivity contribution in [1.82, 2.24) is 14.9 Å². The second kappa shape index (κ2) is 7.91. The van der Waals surface area contributed by atoms with E-state index in [0.29, 0.717) is 24.5 Å². The van der Waals surface area contributed by atoms with Crippen LogP contribution in [0, 0.1) is 15.9 Å². The SMILES string of the molecule is C[C@H]1CN(c2cc(F)c(Br)cc2Nc2ncnc(Cl)c2[N+](=O)[O-])CCN1C. The smallest absolute Gasteiger partial charge is 0.348 e. The Hall–Kier alpha value is -2.04. The first-order valence-electron chi connectivity index (χ1n) is 8.14. The van der Waals surface area contributed by atoms with Crippen molar-refractivity contribution in [3.05, 3.63) is 44.0 Å². The van der Waals surface area contributed by atoms with Crippen LogP contribution in [0.2, 0.25) is 5.15 Å². The number of anilines is 3. The molecule has 8 nitrogen and oxygen atoms in total. The highest BCUT2D eigenvalue weighted by Crippen LogP contribution is 2.37. The van der Waals surface area contributed by atoms with Gasteiger partial charge in [0.25, 0.3) is 0 Å². The monoisotopic (exact) mass is 458 g/mol. The standard InChI is InChI=1S/C16H17BrClFN6O2/c1-9-7-24(4-3-23(9)2)13-6-11(19)10(17)5-12(13)22-16-14(25(26)27)15(18)20-8-21-16/h5-6,8-9H,3-4,7H2,1-2H3,(H,20,21,22)/t9-/m0/s1. The van der Waals surface area contributed by atoms with E-state index in [1.165, 1.54) is 12.1 Å². The van der Waals surface area contributed by atoms with E-state index in [1.54, 1.807) is 0 Å². The number of hydrogen-bond donors (Lipinski definition) is 1. The van der Waals surface area contributed by atoms with Crippen molar-refractivity contribution < 1.29 is 9.31 Å². The normalized spacial score (nSPS) is 17.8. The summed E-state index contributed by atoms with van der Waals surface area (Å²) >= 11 is 9.02. The minimum Gasteiger partial charge on any atom is -0.367 e. The molecule has 1 atom stereocenters. The van der Waals surface area contributed by atoms with E-state index >= 15 is 0 Å². The molecule has 11 heteroatoms. The zero-order valence-corrected chi connectivity index (χ0v) is 17.0. The molecule has 0 aliphatic carbocycles. The topological polar surface area (TPSA) is 87.4 Å². The number of piperazine rings is 1. The van der Waals surface area contributed by atoms with Crippen molar-refractivity contribution in [2.45, 2.75) is 13.0 Å². The number of hydrogen-bond acceptors (Lipinski definition) is 7. The number of nitrogens with zero attached hydrogens (tertiary/aromatic N) is 5.